The van der Waals surface area contributed by atoms with Crippen LogP contribution in [-0.2, 0) is 21.0 Å². The lowest BCUT2D eigenvalue weighted by molar-refractivity contribution is -0.142. The summed E-state index contributed by atoms with van der Waals surface area (Å²) in [4.78, 5) is 29.3. The zero-order valence-electron chi connectivity index (χ0n) is 16.6. The number of ether oxygens (including phenoxy) is 1. The summed E-state index contributed by atoms with van der Waals surface area (Å²) >= 11 is 7.89. The number of hydrogen-bond donors (Lipinski definition) is 0. The van der Waals surface area contributed by atoms with Crippen molar-refractivity contribution in [2.45, 2.75) is 25.3 Å². The fraction of sp³-hybridized carbons (Fsp3) is 0.364. The second kappa shape index (κ2) is 7.58. The van der Waals surface area contributed by atoms with Crippen molar-refractivity contribution in [3.63, 3.8) is 0 Å². The molecule has 0 bridgehead atoms. The molecule has 1 atom stereocenters. The van der Waals surface area contributed by atoms with Crippen molar-refractivity contribution in [3.05, 3.63) is 58.6 Å². The summed E-state index contributed by atoms with van der Waals surface area (Å²) < 4.78 is 5.43. The SMILES string of the molecule is COc1ccc2c(c1)[C@@]1(SCCN1C(=O)C(C)C)C(=O)N2Cc1ccccc1Cl. The van der Waals surface area contributed by atoms with E-state index in [9.17, 15) is 9.59 Å². The highest BCUT2D eigenvalue weighted by molar-refractivity contribution is 8.01. The Labute approximate surface area is 180 Å². The van der Waals surface area contributed by atoms with Crippen LogP contribution in [0.3, 0.4) is 0 Å². The van der Waals surface area contributed by atoms with Crippen LogP contribution in [0.1, 0.15) is 25.0 Å². The highest BCUT2D eigenvalue weighted by Gasteiger charge is 2.59. The molecule has 0 saturated carbocycles. The van der Waals surface area contributed by atoms with E-state index in [1.807, 2.05) is 56.3 Å². The van der Waals surface area contributed by atoms with Gasteiger partial charge >= 0.3 is 0 Å². The topological polar surface area (TPSA) is 49.9 Å². The van der Waals surface area contributed by atoms with Crippen LogP contribution in [0.5, 0.6) is 5.75 Å². The number of thioether (sulfide) groups is 1. The summed E-state index contributed by atoms with van der Waals surface area (Å²) in [5.41, 5.74) is 2.48. The second-order valence-corrected chi connectivity index (χ2v) is 9.20. The van der Waals surface area contributed by atoms with Crippen LogP contribution in [0.4, 0.5) is 5.69 Å². The number of fused-ring (bicyclic) bond motifs is 2. The van der Waals surface area contributed by atoms with Crippen LogP contribution in [0.15, 0.2) is 42.5 Å². The van der Waals surface area contributed by atoms with Crippen molar-refractivity contribution < 1.29 is 14.3 Å². The van der Waals surface area contributed by atoms with Gasteiger partial charge in [0.25, 0.3) is 5.91 Å². The van der Waals surface area contributed by atoms with E-state index in [0.717, 1.165) is 16.8 Å². The standard InChI is InChI=1S/C22H23ClN2O3S/c1-14(2)20(26)25-10-11-29-22(25)17-12-16(28-3)8-9-19(17)24(21(22)27)13-15-6-4-5-7-18(15)23/h4-9,12,14H,10-11,13H2,1-3H3/t22-/m1/s1. The first-order valence-corrected chi connectivity index (χ1v) is 11.0. The van der Waals surface area contributed by atoms with Gasteiger partial charge < -0.3 is 14.5 Å². The van der Waals surface area contributed by atoms with Gasteiger partial charge in [0, 0.05) is 28.8 Å². The van der Waals surface area contributed by atoms with E-state index in [0.29, 0.717) is 29.6 Å². The van der Waals surface area contributed by atoms with Crippen LogP contribution in [-0.4, -0.2) is 36.1 Å². The van der Waals surface area contributed by atoms with E-state index >= 15 is 0 Å². The van der Waals surface area contributed by atoms with Gasteiger partial charge in [-0.05, 0) is 29.8 Å². The molecule has 0 aromatic heterocycles. The van der Waals surface area contributed by atoms with E-state index in [-0.39, 0.29) is 17.7 Å². The Morgan fingerprint density at radius 1 is 1.28 bits per heavy atom. The number of nitrogens with zero attached hydrogens (tertiary/aromatic N) is 2. The zero-order chi connectivity index (χ0) is 20.8. The number of methoxy groups -OCH3 is 1. The van der Waals surface area contributed by atoms with Gasteiger partial charge in [0.2, 0.25) is 5.91 Å². The average Bonchev–Trinajstić information content (AvgIpc) is 3.25. The van der Waals surface area contributed by atoms with Gasteiger partial charge in [-0.15, -0.1) is 11.8 Å². The minimum Gasteiger partial charge on any atom is -0.497 e. The fourth-order valence-corrected chi connectivity index (χ4v) is 5.66. The Morgan fingerprint density at radius 3 is 2.72 bits per heavy atom. The number of hydrogen-bond acceptors (Lipinski definition) is 4. The molecule has 1 fully saturated rings. The number of benzene rings is 2. The maximum Gasteiger partial charge on any atom is 0.268 e. The molecule has 2 heterocycles. The van der Waals surface area contributed by atoms with Crippen molar-refractivity contribution in [2.24, 2.45) is 5.92 Å². The molecule has 7 heteroatoms. The van der Waals surface area contributed by atoms with Crippen molar-refractivity contribution >= 4 is 40.9 Å². The predicted octanol–water partition coefficient (Wildman–Crippen LogP) is 4.28. The van der Waals surface area contributed by atoms with E-state index in [4.69, 9.17) is 16.3 Å². The Kier molecular flexibility index (Phi) is 5.25. The summed E-state index contributed by atoms with van der Waals surface area (Å²) in [6, 6.07) is 13.1. The van der Waals surface area contributed by atoms with Gasteiger partial charge in [-0.25, -0.2) is 0 Å². The molecule has 5 nitrogen and oxygen atoms in total. The molecule has 0 N–H and O–H groups in total. The fourth-order valence-electron chi connectivity index (χ4n) is 4.01. The number of carbonyl (C=O) groups excluding carboxylic acids is 2. The molecule has 0 aliphatic carbocycles. The minimum atomic E-state index is -1.05. The number of rotatable bonds is 4. The Balaban J connectivity index is 1.85. The molecule has 29 heavy (non-hydrogen) atoms. The molecule has 1 spiro atoms. The van der Waals surface area contributed by atoms with Gasteiger partial charge in [0.05, 0.1) is 19.3 Å². The lowest BCUT2D eigenvalue weighted by atomic mass is 10.0. The second-order valence-electron chi connectivity index (χ2n) is 7.50. The summed E-state index contributed by atoms with van der Waals surface area (Å²) in [5, 5.41) is 0.616. The van der Waals surface area contributed by atoms with Crippen LogP contribution < -0.4 is 9.64 Å². The first-order chi connectivity index (χ1) is 13.9. The summed E-state index contributed by atoms with van der Waals surface area (Å²) in [6.45, 7) is 4.63. The molecule has 2 aliphatic rings. The Hall–Kier alpha value is -2.18. The minimum absolute atomic E-state index is 0.0169. The smallest absolute Gasteiger partial charge is 0.268 e. The van der Waals surface area contributed by atoms with Crippen molar-refractivity contribution in [3.8, 4) is 5.75 Å². The molecule has 0 unspecified atom stereocenters. The molecular weight excluding hydrogens is 408 g/mol. The van der Waals surface area contributed by atoms with Crippen LogP contribution >= 0.6 is 23.4 Å². The first kappa shape index (κ1) is 20.1. The van der Waals surface area contributed by atoms with Crippen molar-refractivity contribution in [1.29, 1.82) is 0 Å². The predicted molar refractivity (Wildman–Crippen MR) is 116 cm³/mol. The van der Waals surface area contributed by atoms with Gasteiger partial charge in [0.1, 0.15) is 5.75 Å². The first-order valence-electron chi connectivity index (χ1n) is 9.59. The Morgan fingerprint density at radius 2 is 2.03 bits per heavy atom. The number of amides is 2. The maximum absolute atomic E-state index is 13.9. The summed E-state index contributed by atoms with van der Waals surface area (Å²) in [5.74, 6) is 1.07. The number of carbonyl (C=O) groups is 2. The normalized spacial score (nSPS) is 20.7. The average molecular weight is 431 g/mol. The monoisotopic (exact) mass is 430 g/mol. The molecule has 1 saturated heterocycles. The molecule has 152 valence electrons. The highest BCUT2D eigenvalue weighted by Crippen LogP contribution is 2.55. The third-order valence-corrected chi connectivity index (χ3v) is 7.23. The quantitative estimate of drug-likeness (QED) is 0.726. The van der Waals surface area contributed by atoms with Crippen LogP contribution in [0, 0.1) is 5.92 Å². The molecule has 2 aromatic carbocycles. The highest BCUT2D eigenvalue weighted by atomic mass is 35.5. The molecule has 0 radical (unpaired) electrons. The van der Waals surface area contributed by atoms with Gasteiger partial charge in [-0.1, -0.05) is 43.6 Å². The van der Waals surface area contributed by atoms with E-state index in [1.54, 1.807) is 16.9 Å². The van der Waals surface area contributed by atoms with Crippen LogP contribution in [0.2, 0.25) is 5.02 Å². The third kappa shape index (κ3) is 3.09. The molecular formula is C22H23ClN2O3S. The third-order valence-electron chi connectivity index (χ3n) is 5.45. The molecule has 2 amide bonds. The van der Waals surface area contributed by atoms with E-state index in [1.165, 1.54) is 11.8 Å². The van der Waals surface area contributed by atoms with Gasteiger partial charge in [-0.2, -0.15) is 0 Å². The summed E-state index contributed by atoms with van der Waals surface area (Å²) in [6.07, 6.45) is 0. The van der Waals surface area contributed by atoms with E-state index in [2.05, 4.69) is 0 Å². The molecule has 2 aromatic rings. The lowest BCUT2D eigenvalue weighted by Gasteiger charge is -2.34. The molecule has 2 aliphatic heterocycles. The van der Waals surface area contributed by atoms with Crippen molar-refractivity contribution in [1.82, 2.24) is 4.90 Å². The Bertz CT molecular complexity index is 980. The van der Waals surface area contributed by atoms with Gasteiger partial charge in [0.15, 0.2) is 4.87 Å². The number of halogens is 1. The molecule has 4 rings (SSSR count). The lowest BCUT2D eigenvalue weighted by Crippen LogP contribution is -2.51. The van der Waals surface area contributed by atoms with Crippen molar-refractivity contribution in [2.75, 3.05) is 24.3 Å². The van der Waals surface area contributed by atoms with E-state index < -0.39 is 4.87 Å². The zero-order valence-corrected chi connectivity index (χ0v) is 18.2. The van der Waals surface area contributed by atoms with Crippen LogP contribution in [0.25, 0.3) is 0 Å². The van der Waals surface area contributed by atoms with Gasteiger partial charge in [-0.3, -0.25) is 9.59 Å². The largest absolute Gasteiger partial charge is 0.497 e. The maximum atomic E-state index is 13.9. The summed E-state index contributed by atoms with van der Waals surface area (Å²) in [7, 11) is 1.60. The number of anilines is 1.